The molecule has 3 rings (SSSR count). The summed E-state index contributed by atoms with van der Waals surface area (Å²) in [6, 6.07) is 8.88. The Balaban J connectivity index is 2.00. The van der Waals surface area contributed by atoms with Crippen LogP contribution in [0.2, 0.25) is 0 Å². The minimum Gasteiger partial charge on any atom is -0.357 e. The molecule has 0 fully saturated rings. The van der Waals surface area contributed by atoms with Crippen LogP contribution in [0.25, 0.3) is 10.9 Å². The van der Waals surface area contributed by atoms with Crippen LogP contribution in [0.15, 0.2) is 35.2 Å². The van der Waals surface area contributed by atoms with E-state index in [1.165, 1.54) is 34.2 Å². The first-order valence-corrected chi connectivity index (χ1v) is 6.57. The number of thioether (sulfide) groups is 1. The Morgan fingerprint density at radius 3 is 2.88 bits per heavy atom. The van der Waals surface area contributed by atoms with Gasteiger partial charge in [-0.25, -0.2) is 0 Å². The van der Waals surface area contributed by atoms with Gasteiger partial charge in [-0.05, 0) is 48.8 Å². The lowest BCUT2D eigenvalue weighted by Gasteiger charge is -2.05. The highest BCUT2D eigenvalue weighted by Crippen LogP contribution is 2.42. The van der Waals surface area contributed by atoms with Crippen molar-refractivity contribution >= 4 is 22.7 Å². The second kappa shape index (κ2) is 3.70. The number of hydrogen-bond donors (Lipinski definition) is 1. The predicted molar refractivity (Wildman–Crippen MR) is 71.7 cm³/mol. The van der Waals surface area contributed by atoms with E-state index in [0.29, 0.717) is 5.25 Å². The first kappa shape index (κ1) is 10.0. The van der Waals surface area contributed by atoms with E-state index in [9.17, 15) is 0 Å². The van der Waals surface area contributed by atoms with E-state index in [2.05, 4.69) is 48.5 Å². The minimum atomic E-state index is 0.590. The summed E-state index contributed by atoms with van der Waals surface area (Å²) in [7, 11) is 0. The number of aromatic nitrogens is 1. The molecule has 0 saturated carbocycles. The van der Waals surface area contributed by atoms with Gasteiger partial charge in [-0.2, -0.15) is 0 Å². The van der Waals surface area contributed by atoms with Gasteiger partial charge in [-0.3, -0.25) is 0 Å². The fourth-order valence-corrected chi connectivity index (χ4v) is 3.33. The zero-order valence-corrected chi connectivity index (χ0v) is 10.4. The summed E-state index contributed by atoms with van der Waals surface area (Å²) >= 11 is 1.93. The van der Waals surface area contributed by atoms with Crippen molar-refractivity contribution in [3.05, 3.63) is 46.5 Å². The van der Waals surface area contributed by atoms with Gasteiger partial charge in [0.1, 0.15) is 0 Å². The largest absolute Gasteiger partial charge is 0.357 e. The summed E-state index contributed by atoms with van der Waals surface area (Å²) in [5, 5.41) is 4.19. The zero-order valence-electron chi connectivity index (χ0n) is 9.58. The standard InChI is InChI=1S/C14H15NS/c1-9-3-4-11-7-13(15-12(11)5-9)14-6-10(2)8-16-14/h3-5,7-8,14-15H,6H2,1-2H3. The van der Waals surface area contributed by atoms with Crippen LogP contribution in [0, 0.1) is 6.92 Å². The molecule has 0 saturated heterocycles. The summed E-state index contributed by atoms with van der Waals surface area (Å²) in [5.41, 5.74) is 5.43. The number of rotatable bonds is 1. The molecular weight excluding hydrogens is 214 g/mol. The lowest BCUT2D eigenvalue weighted by Crippen LogP contribution is -1.89. The number of aryl methyl sites for hydroxylation is 1. The number of nitrogens with one attached hydrogen (secondary N) is 1. The van der Waals surface area contributed by atoms with E-state index in [0.717, 1.165) is 0 Å². The van der Waals surface area contributed by atoms with Gasteiger partial charge in [0.2, 0.25) is 0 Å². The van der Waals surface area contributed by atoms with E-state index < -0.39 is 0 Å². The molecule has 1 aromatic carbocycles. The third-order valence-corrected chi connectivity index (χ3v) is 4.37. The van der Waals surface area contributed by atoms with Crippen molar-refractivity contribution in [2.24, 2.45) is 0 Å². The van der Waals surface area contributed by atoms with E-state index >= 15 is 0 Å². The lowest BCUT2D eigenvalue weighted by molar-refractivity contribution is 0.911. The van der Waals surface area contributed by atoms with E-state index in [-0.39, 0.29) is 0 Å². The van der Waals surface area contributed by atoms with Gasteiger partial charge >= 0.3 is 0 Å². The lowest BCUT2D eigenvalue weighted by atomic mass is 10.1. The average molecular weight is 229 g/mol. The molecule has 1 aliphatic rings. The maximum Gasteiger partial charge on any atom is 0.0526 e. The summed E-state index contributed by atoms with van der Waals surface area (Å²) < 4.78 is 0. The maximum atomic E-state index is 3.54. The van der Waals surface area contributed by atoms with Crippen LogP contribution in [-0.4, -0.2) is 4.98 Å². The van der Waals surface area contributed by atoms with Gasteiger partial charge in [-0.1, -0.05) is 17.7 Å². The van der Waals surface area contributed by atoms with E-state index in [1.807, 2.05) is 11.8 Å². The second-order valence-corrected chi connectivity index (χ2v) is 5.69. The maximum absolute atomic E-state index is 3.54. The Labute approximate surface area is 99.9 Å². The molecule has 0 bridgehead atoms. The van der Waals surface area contributed by atoms with Crippen LogP contribution in [0.3, 0.4) is 0 Å². The molecular formula is C14H15NS. The van der Waals surface area contributed by atoms with Gasteiger partial charge in [0, 0.05) is 11.2 Å². The minimum absolute atomic E-state index is 0.590. The van der Waals surface area contributed by atoms with Crippen LogP contribution in [0.4, 0.5) is 0 Å². The average Bonchev–Trinajstić information content (AvgIpc) is 2.83. The van der Waals surface area contributed by atoms with Gasteiger partial charge in [0.15, 0.2) is 0 Å². The van der Waals surface area contributed by atoms with Crippen molar-refractivity contribution < 1.29 is 0 Å². The monoisotopic (exact) mass is 229 g/mol. The zero-order chi connectivity index (χ0) is 11.1. The molecule has 16 heavy (non-hydrogen) atoms. The number of allylic oxidation sites excluding steroid dienone is 1. The summed E-state index contributed by atoms with van der Waals surface area (Å²) in [5.74, 6) is 0. The van der Waals surface area contributed by atoms with Crippen molar-refractivity contribution in [2.45, 2.75) is 25.5 Å². The first-order valence-electron chi connectivity index (χ1n) is 5.63. The fourth-order valence-electron chi connectivity index (χ4n) is 2.21. The Kier molecular flexibility index (Phi) is 2.32. The summed E-state index contributed by atoms with van der Waals surface area (Å²) in [4.78, 5) is 3.54. The van der Waals surface area contributed by atoms with Crippen LogP contribution >= 0.6 is 11.8 Å². The second-order valence-electron chi connectivity index (χ2n) is 4.61. The molecule has 1 aromatic heterocycles. The highest BCUT2D eigenvalue weighted by molar-refractivity contribution is 8.02. The molecule has 2 aromatic rings. The Morgan fingerprint density at radius 2 is 2.12 bits per heavy atom. The van der Waals surface area contributed by atoms with Crippen molar-refractivity contribution in [1.29, 1.82) is 0 Å². The Bertz CT molecular complexity index is 565. The number of fused-ring (bicyclic) bond motifs is 1. The smallest absolute Gasteiger partial charge is 0.0526 e. The highest BCUT2D eigenvalue weighted by atomic mass is 32.2. The molecule has 0 spiro atoms. The normalized spacial score (nSPS) is 20.4. The molecule has 0 amide bonds. The number of hydrogen-bond acceptors (Lipinski definition) is 1. The molecule has 0 aliphatic carbocycles. The Morgan fingerprint density at radius 1 is 1.25 bits per heavy atom. The van der Waals surface area contributed by atoms with Gasteiger partial charge in [-0.15, -0.1) is 11.8 Å². The number of aromatic amines is 1. The highest BCUT2D eigenvalue weighted by Gasteiger charge is 2.18. The summed E-state index contributed by atoms with van der Waals surface area (Å²) in [6.45, 7) is 4.34. The number of benzene rings is 1. The van der Waals surface area contributed by atoms with Crippen LogP contribution in [0.1, 0.15) is 29.9 Å². The van der Waals surface area contributed by atoms with Gasteiger partial charge in [0.25, 0.3) is 0 Å². The molecule has 2 heteroatoms. The first-order chi connectivity index (χ1) is 7.72. The SMILES string of the molecule is CC1=CSC(c2cc3ccc(C)cc3[nH]2)C1. The predicted octanol–water partition coefficient (Wildman–Crippen LogP) is 4.56. The Hall–Kier alpha value is -1.15. The number of H-pyrrole nitrogens is 1. The summed E-state index contributed by atoms with van der Waals surface area (Å²) in [6.07, 6.45) is 1.18. The van der Waals surface area contributed by atoms with Gasteiger partial charge < -0.3 is 4.98 Å². The quantitative estimate of drug-likeness (QED) is 0.758. The molecule has 1 atom stereocenters. The van der Waals surface area contributed by atoms with Crippen molar-refractivity contribution in [3.8, 4) is 0 Å². The van der Waals surface area contributed by atoms with Crippen LogP contribution in [-0.2, 0) is 0 Å². The van der Waals surface area contributed by atoms with Crippen LogP contribution in [0.5, 0.6) is 0 Å². The molecule has 0 radical (unpaired) electrons. The molecule has 82 valence electrons. The molecule has 1 N–H and O–H groups in total. The van der Waals surface area contributed by atoms with Crippen molar-refractivity contribution in [1.82, 2.24) is 4.98 Å². The van der Waals surface area contributed by atoms with E-state index in [1.54, 1.807) is 0 Å². The topological polar surface area (TPSA) is 15.8 Å². The van der Waals surface area contributed by atoms with Crippen LogP contribution < -0.4 is 0 Å². The molecule has 1 aliphatic heterocycles. The van der Waals surface area contributed by atoms with Crippen molar-refractivity contribution in [2.75, 3.05) is 0 Å². The molecule has 1 unspecified atom stereocenters. The van der Waals surface area contributed by atoms with E-state index in [4.69, 9.17) is 0 Å². The third-order valence-electron chi connectivity index (χ3n) is 3.09. The molecule has 2 heterocycles. The van der Waals surface area contributed by atoms with Crippen molar-refractivity contribution in [3.63, 3.8) is 0 Å². The van der Waals surface area contributed by atoms with Gasteiger partial charge in [0.05, 0.1) is 5.25 Å². The third kappa shape index (κ3) is 1.67. The fraction of sp³-hybridized carbons (Fsp3) is 0.286. The molecule has 1 nitrogen and oxygen atoms in total.